The molecule has 2 aromatic rings. The van der Waals surface area contributed by atoms with Gasteiger partial charge in [0.1, 0.15) is 18.6 Å². The van der Waals surface area contributed by atoms with Crippen molar-refractivity contribution in [2.45, 2.75) is 101 Å². The van der Waals surface area contributed by atoms with Crippen molar-refractivity contribution in [3.63, 3.8) is 0 Å². The summed E-state index contributed by atoms with van der Waals surface area (Å²) in [6, 6.07) is 2.97. The van der Waals surface area contributed by atoms with Crippen LogP contribution in [0.15, 0.2) is 6.07 Å². The lowest BCUT2D eigenvalue weighted by Gasteiger charge is -2.37. The fourth-order valence-corrected chi connectivity index (χ4v) is 8.45. The average Bonchev–Trinajstić information content (AvgIpc) is 3.53. The van der Waals surface area contributed by atoms with E-state index in [0.29, 0.717) is 62.2 Å². The number of fused-ring (bicyclic) bond motifs is 4. The molecule has 1 aliphatic carbocycles. The summed E-state index contributed by atoms with van der Waals surface area (Å²) < 4.78 is 42.9. The molecule has 5 fully saturated rings. The number of anilines is 2. The third-order valence-corrected chi connectivity index (χ3v) is 10.5. The third kappa shape index (κ3) is 4.48. The molecule has 10 heteroatoms. The highest BCUT2D eigenvalue weighted by atomic mass is 19.1. The molecule has 2 unspecified atom stereocenters. The summed E-state index contributed by atoms with van der Waals surface area (Å²) in [7, 11) is 0. The number of nitrogen functional groups attached to an aromatic ring is 1. The molecule has 1 aromatic heterocycles. The Kier molecular flexibility index (Phi) is 6.20. The highest BCUT2D eigenvalue weighted by molar-refractivity contribution is 5.56. The predicted molar refractivity (Wildman–Crippen MR) is 151 cm³/mol. The Labute approximate surface area is 240 Å². The van der Waals surface area contributed by atoms with E-state index in [1.54, 1.807) is 6.07 Å². The van der Waals surface area contributed by atoms with Crippen molar-refractivity contribution in [1.82, 2.24) is 20.2 Å². The van der Waals surface area contributed by atoms with Crippen LogP contribution in [0.2, 0.25) is 0 Å². The van der Waals surface area contributed by atoms with Crippen molar-refractivity contribution < 1.29 is 18.3 Å². The summed E-state index contributed by atoms with van der Waals surface area (Å²) in [5, 5.41) is 3.70. The minimum Gasteiger partial charge on any atom is -0.461 e. The lowest BCUT2D eigenvalue weighted by molar-refractivity contribution is 0.0226. The summed E-state index contributed by atoms with van der Waals surface area (Å²) in [5.74, 6) is 0.863. The Bertz CT molecular complexity index is 1360. The van der Waals surface area contributed by atoms with Crippen molar-refractivity contribution in [3.05, 3.63) is 39.8 Å². The summed E-state index contributed by atoms with van der Waals surface area (Å²) in [4.78, 5) is 14.5. The van der Waals surface area contributed by atoms with Crippen molar-refractivity contribution in [3.8, 4) is 6.01 Å². The summed E-state index contributed by atoms with van der Waals surface area (Å²) in [5.41, 5.74) is 10.5. The van der Waals surface area contributed by atoms with E-state index in [4.69, 9.17) is 25.2 Å². The fraction of sp³-hybridized carbons (Fsp3) is 0.677. The van der Waals surface area contributed by atoms with Crippen LogP contribution in [0.4, 0.5) is 20.3 Å². The number of ether oxygens (including phenoxy) is 2. The first-order chi connectivity index (χ1) is 19.9. The normalized spacial score (nSPS) is 32.8. The number of benzene rings is 1. The molecule has 5 atom stereocenters. The number of rotatable bonds is 6. The van der Waals surface area contributed by atoms with E-state index in [0.717, 1.165) is 86.4 Å². The van der Waals surface area contributed by atoms with Crippen LogP contribution in [0.25, 0.3) is 0 Å². The topological polar surface area (TPSA) is 88.8 Å². The molecule has 8 nitrogen and oxygen atoms in total. The molecule has 1 saturated carbocycles. The number of piperazine rings is 1. The van der Waals surface area contributed by atoms with Gasteiger partial charge in [0.2, 0.25) is 0 Å². The lowest BCUT2D eigenvalue weighted by atomic mass is 9.89. The van der Waals surface area contributed by atoms with Gasteiger partial charge in [-0.2, -0.15) is 9.97 Å². The molecule has 2 bridgehead atoms. The molecule has 0 amide bonds. The molecule has 41 heavy (non-hydrogen) atoms. The van der Waals surface area contributed by atoms with Crippen molar-refractivity contribution in [1.29, 1.82) is 0 Å². The third-order valence-electron chi connectivity index (χ3n) is 10.5. The Hall–Kier alpha value is -2.56. The maximum absolute atomic E-state index is 15.7. The molecule has 6 heterocycles. The zero-order chi connectivity index (χ0) is 27.9. The van der Waals surface area contributed by atoms with Crippen LogP contribution in [-0.4, -0.2) is 71.4 Å². The van der Waals surface area contributed by atoms with Crippen LogP contribution in [0, 0.1) is 12.7 Å². The number of hydrogen-bond donors (Lipinski definition) is 2. The van der Waals surface area contributed by atoms with Crippen LogP contribution in [-0.2, 0) is 17.8 Å². The van der Waals surface area contributed by atoms with Gasteiger partial charge in [-0.25, -0.2) is 8.78 Å². The molecule has 5 aliphatic heterocycles. The number of nitrogens with zero attached hydrogens (tertiary/aromatic N) is 4. The Morgan fingerprint density at radius 3 is 2.73 bits per heavy atom. The molecule has 1 aromatic carbocycles. The van der Waals surface area contributed by atoms with Crippen LogP contribution >= 0.6 is 0 Å². The van der Waals surface area contributed by atoms with Gasteiger partial charge >= 0.3 is 6.01 Å². The number of nitrogens with one attached hydrogen (secondary N) is 1. The van der Waals surface area contributed by atoms with Gasteiger partial charge in [0.25, 0.3) is 0 Å². The van der Waals surface area contributed by atoms with Gasteiger partial charge in [0, 0.05) is 55.7 Å². The largest absolute Gasteiger partial charge is 0.461 e. The Morgan fingerprint density at radius 1 is 1.15 bits per heavy atom. The molecule has 3 N–H and O–H groups in total. The first kappa shape index (κ1) is 26.1. The molecule has 6 aliphatic rings. The van der Waals surface area contributed by atoms with Gasteiger partial charge in [-0.1, -0.05) is 0 Å². The van der Waals surface area contributed by atoms with E-state index in [1.165, 1.54) is 0 Å². The number of halogens is 2. The van der Waals surface area contributed by atoms with E-state index in [2.05, 4.69) is 15.1 Å². The number of nitrogens with two attached hydrogens (primary N) is 1. The van der Waals surface area contributed by atoms with Crippen molar-refractivity contribution in [2.75, 3.05) is 43.4 Å². The number of hydrogen-bond acceptors (Lipinski definition) is 8. The summed E-state index contributed by atoms with van der Waals surface area (Å²) >= 11 is 0. The second-order valence-electron chi connectivity index (χ2n) is 13.4. The zero-order valence-corrected chi connectivity index (χ0v) is 23.8. The molecular weight excluding hydrogens is 526 g/mol. The quantitative estimate of drug-likeness (QED) is 0.506. The monoisotopic (exact) mass is 566 g/mol. The summed E-state index contributed by atoms with van der Waals surface area (Å²) in [6.07, 6.45) is 6.09. The standard InChI is InChI=1S/C31H40F2N6O2/c1-17-9-23(34)28(33)27(26(17)18-3-4-18)25-10-24-22(15-40-25)29(38-13-20-5-6-21(14-38)35-20)37-30(36-24)41-16-31-7-2-8-39(31)12-19(32)11-31/h9,18-21,25,35H,2-8,10-16,34H2,1H3/t19-,20?,21?,25+,31+/m1/s1. The lowest BCUT2D eigenvalue weighted by Crippen LogP contribution is -2.52. The van der Waals surface area contributed by atoms with E-state index < -0.39 is 12.3 Å². The second-order valence-corrected chi connectivity index (χ2v) is 13.4. The van der Waals surface area contributed by atoms with Gasteiger partial charge in [-0.05, 0) is 75.1 Å². The van der Waals surface area contributed by atoms with Gasteiger partial charge < -0.3 is 25.4 Å². The Balaban J connectivity index is 1.14. The minimum absolute atomic E-state index is 0.170. The maximum Gasteiger partial charge on any atom is 0.318 e. The van der Waals surface area contributed by atoms with Crippen LogP contribution < -0.4 is 20.7 Å². The molecule has 0 radical (unpaired) electrons. The zero-order valence-electron chi connectivity index (χ0n) is 23.8. The number of aromatic nitrogens is 2. The highest BCUT2D eigenvalue weighted by Gasteiger charge is 2.49. The smallest absolute Gasteiger partial charge is 0.318 e. The second kappa shape index (κ2) is 9.74. The first-order valence-corrected chi connectivity index (χ1v) is 15.5. The summed E-state index contributed by atoms with van der Waals surface area (Å²) in [6.45, 7) is 5.86. The van der Waals surface area contributed by atoms with Crippen molar-refractivity contribution in [2.24, 2.45) is 0 Å². The van der Waals surface area contributed by atoms with Gasteiger partial charge in [-0.15, -0.1) is 0 Å². The molecule has 4 saturated heterocycles. The molecule has 0 spiro atoms. The van der Waals surface area contributed by atoms with E-state index >= 15 is 4.39 Å². The first-order valence-electron chi connectivity index (χ1n) is 15.5. The van der Waals surface area contributed by atoms with E-state index in [9.17, 15) is 4.39 Å². The van der Waals surface area contributed by atoms with Crippen LogP contribution in [0.1, 0.15) is 84.9 Å². The van der Waals surface area contributed by atoms with Crippen LogP contribution in [0.5, 0.6) is 6.01 Å². The maximum atomic E-state index is 15.7. The van der Waals surface area contributed by atoms with Crippen molar-refractivity contribution >= 4 is 11.5 Å². The minimum atomic E-state index is -0.814. The van der Waals surface area contributed by atoms with Gasteiger partial charge in [0.15, 0.2) is 5.82 Å². The predicted octanol–water partition coefficient (Wildman–Crippen LogP) is 4.09. The SMILES string of the molecule is Cc1cc(N)c(F)c([C@@H]2Cc3nc(OC[C@@]45CCCN4C[C@H](F)C5)nc(N4CC5CCC(C4)N5)c3CO2)c1C1CC1. The van der Waals surface area contributed by atoms with E-state index in [-0.39, 0.29) is 17.0 Å². The average molecular weight is 567 g/mol. The van der Waals surface area contributed by atoms with Gasteiger partial charge in [-0.3, -0.25) is 4.90 Å². The highest BCUT2D eigenvalue weighted by Crippen LogP contribution is 2.49. The molecule has 8 rings (SSSR count). The number of alkyl halides is 1. The molecule has 220 valence electrons. The Morgan fingerprint density at radius 2 is 1.95 bits per heavy atom. The molecular formula is C31H40F2N6O2. The van der Waals surface area contributed by atoms with E-state index in [1.807, 2.05) is 6.92 Å². The van der Waals surface area contributed by atoms with Gasteiger partial charge in [0.05, 0.1) is 29.6 Å². The van der Waals surface area contributed by atoms with Crippen LogP contribution in [0.3, 0.4) is 0 Å². The fourth-order valence-electron chi connectivity index (χ4n) is 8.45. The number of aryl methyl sites for hydroxylation is 1.